The molecule has 19 heavy (non-hydrogen) atoms. The number of ketones is 1. The Morgan fingerprint density at radius 2 is 2.05 bits per heavy atom. The fraction of sp³-hybridized carbons (Fsp3) is 0.375. The summed E-state index contributed by atoms with van der Waals surface area (Å²) in [5.41, 5.74) is 6.92. The maximum Gasteiger partial charge on any atom is 0.168 e. The van der Waals surface area contributed by atoms with Gasteiger partial charge in [0.2, 0.25) is 0 Å². The number of hydrogen-bond donors (Lipinski definition) is 1. The number of carbonyl (C=O) groups excluding carboxylic acids is 1. The minimum absolute atomic E-state index is 0.0124. The van der Waals surface area contributed by atoms with Crippen LogP contribution < -0.4 is 5.73 Å². The third-order valence-corrected chi connectivity index (χ3v) is 4.10. The molecule has 0 amide bonds. The highest BCUT2D eigenvalue weighted by Crippen LogP contribution is 2.28. The molecule has 3 heteroatoms. The molecule has 2 aromatic rings. The van der Waals surface area contributed by atoms with Crippen molar-refractivity contribution in [2.24, 2.45) is 11.7 Å². The van der Waals surface area contributed by atoms with E-state index >= 15 is 0 Å². The van der Waals surface area contributed by atoms with Gasteiger partial charge in [0.15, 0.2) is 5.78 Å². The van der Waals surface area contributed by atoms with E-state index < -0.39 is 0 Å². The Hall–Kier alpha value is -1.74. The SMILES string of the molecule is NC1CCCCC1C(=O)c1cccc2cnccc12. The number of carbonyl (C=O) groups is 1. The number of aromatic nitrogens is 1. The first-order chi connectivity index (χ1) is 9.27. The van der Waals surface area contributed by atoms with E-state index in [9.17, 15) is 4.79 Å². The summed E-state index contributed by atoms with van der Waals surface area (Å²) in [5.74, 6) is 0.177. The lowest BCUT2D eigenvalue weighted by atomic mass is 9.79. The second kappa shape index (κ2) is 5.10. The lowest BCUT2D eigenvalue weighted by molar-refractivity contribution is 0.0873. The molecule has 2 unspecified atom stereocenters. The van der Waals surface area contributed by atoms with Gasteiger partial charge in [-0.1, -0.05) is 31.0 Å². The van der Waals surface area contributed by atoms with Gasteiger partial charge in [-0.3, -0.25) is 9.78 Å². The molecule has 0 bridgehead atoms. The predicted octanol–water partition coefficient (Wildman–Crippen LogP) is 2.94. The molecule has 0 spiro atoms. The summed E-state index contributed by atoms with van der Waals surface area (Å²) in [7, 11) is 0. The monoisotopic (exact) mass is 254 g/mol. The summed E-state index contributed by atoms with van der Waals surface area (Å²) in [4.78, 5) is 16.8. The highest BCUT2D eigenvalue weighted by molar-refractivity contribution is 6.09. The zero-order valence-electron chi connectivity index (χ0n) is 10.9. The van der Waals surface area contributed by atoms with Crippen molar-refractivity contribution in [1.82, 2.24) is 4.98 Å². The van der Waals surface area contributed by atoms with Gasteiger partial charge in [-0.2, -0.15) is 0 Å². The Morgan fingerprint density at radius 1 is 1.21 bits per heavy atom. The minimum Gasteiger partial charge on any atom is -0.327 e. The molecule has 3 rings (SSSR count). The maximum atomic E-state index is 12.7. The Bertz CT molecular complexity index is 603. The maximum absolute atomic E-state index is 12.7. The Morgan fingerprint density at radius 3 is 2.89 bits per heavy atom. The summed E-state index contributed by atoms with van der Waals surface area (Å²) in [6.07, 6.45) is 7.66. The van der Waals surface area contributed by atoms with Gasteiger partial charge in [0.05, 0.1) is 0 Å². The zero-order chi connectivity index (χ0) is 13.2. The smallest absolute Gasteiger partial charge is 0.168 e. The summed E-state index contributed by atoms with van der Waals surface area (Å²) in [5, 5.41) is 2.00. The molecule has 2 atom stereocenters. The van der Waals surface area contributed by atoms with Crippen molar-refractivity contribution in [3.63, 3.8) is 0 Å². The van der Waals surface area contributed by atoms with E-state index in [1.165, 1.54) is 0 Å². The molecule has 0 saturated heterocycles. The predicted molar refractivity (Wildman–Crippen MR) is 76.0 cm³/mol. The average Bonchev–Trinajstić information content (AvgIpc) is 2.46. The van der Waals surface area contributed by atoms with Crippen molar-refractivity contribution in [3.8, 4) is 0 Å². The van der Waals surface area contributed by atoms with Crippen molar-refractivity contribution < 1.29 is 4.79 Å². The van der Waals surface area contributed by atoms with E-state index in [1.807, 2.05) is 24.3 Å². The van der Waals surface area contributed by atoms with Crippen molar-refractivity contribution >= 4 is 16.6 Å². The van der Waals surface area contributed by atoms with Crippen LogP contribution in [0.3, 0.4) is 0 Å². The molecule has 1 aromatic carbocycles. The molecule has 0 aliphatic heterocycles. The summed E-state index contributed by atoms with van der Waals surface area (Å²) < 4.78 is 0. The Kier molecular flexibility index (Phi) is 3.30. The number of rotatable bonds is 2. The van der Waals surface area contributed by atoms with Crippen LogP contribution in [0.1, 0.15) is 36.0 Å². The van der Waals surface area contributed by atoms with Gasteiger partial charge < -0.3 is 5.73 Å². The van der Waals surface area contributed by atoms with Crippen molar-refractivity contribution in [2.45, 2.75) is 31.7 Å². The molecule has 3 nitrogen and oxygen atoms in total. The lowest BCUT2D eigenvalue weighted by Crippen LogP contribution is -2.38. The van der Waals surface area contributed by atoms with E-state index in [4.69, 9.17) is 5.73 Å². The van der Waals surface area contributed by atoms with Crippen LogP contribution >= 0.6 is 0 Å². The number of fused-ring (bicyclic) bond motifs is 1. The number of benzene rings is 1. The number of Topliss-reactive ketones (excluding diaryl/α,β-unsaturated/α-hetero) is 1. The molecule has 0 radical (unpaired) electrons. The molecule has 1 aromatic heterocycles. The number of nitrogens with two attached hydrogens (primary N) is 1. The highest BCUT2D eigenvalue weighted by Gasteiger charge is 2.29. The molecular weight excluding hydrogens is 236 g/mol. The number of nitrogens with zero attached hydrogens (tertiary/aromatic N) is 1. The molecule has 1 fully saturated rings. The molecule has 1 heterocycles. The van der Waals surface area contributed by atoms with Gasteiger partial charge in [0.1, 0.15) is 0 Å². The molecule has 1 aliphatic rings. The average molecular weight is 254 g/mol. The Balaban J connectivity index is 2.01. The van der Waals surface area contributed by atoms with E-state index in [2.05, 4.69) is 4.98 Å². The standard InChI is InChI=1S/C16H18N2O/c17-15-7-2-1-5-14(15)16(19)13-6-3-4-11-10-18-9-8-12(11)13/h3-4,6,8-10,14-15H,1-2,5,7,17H2. The zero-order valence-corrected chi connectivity index (χ0v) is 10.9. The van der Waals surface area contributed by atoms with Crippen LogP contribution in [0.5, 0.6) is 0 Å². The second-order valence-corrected chi connectivity index (χ2v) is 5.32. The van der Waals surface area contributed by atoms with Crippen LogP contribution in [0, 0.1) is 5.92 Å². The fourth-order valence-electron chi connectivity index (χ4n) is 3.02. The summed E-state index contributed by atoms with van der Waals surface area (Å²) in [6.45, 7) is 0. The molecular formula is C16H18N2O. The van der Waals surface area contributed by atoms with E-state index in [0.717, 1.165) is 42.0 Å². The minimum atomic E-state index is -0.0208. The summed E-state index contributed by atoms with van der Waals surface area (Å²) >= 11 is 0. The van der Waals surface area contributed by atoms with Crippen LogP contribution in [0.2, 0.25) is 0 Å². The van der Waals surface area contributed by atoms with Crippen molar-refractivity contribution in [3.05, 3.63) is 42.2 Å². The van der Waals surface area contributed by atoms with Crippen LogP contribution in [-0.2, 0) is 0 Å². The molecule has 2 N–H and O–H groups in total. The van der Waals surface area contributed by atoms with E-state index in [-0.39, 0.29) is 17.7 Å². The van der Waals surface area contributed by atoms with Crippen LogP contribution in [0.25, 0.3) is 10.8 Å². The third-order valence-electron chi connectivity index (χ3n) is 4.10. The number of hydrogen-bond acceptors (Lipinski definition) is 3. The molecule has 1 saturated carbocycles. The quantitative estimate of drug-likeness (QED) is 0.838. The van der Waals surface area contributed by atoms with Gasteiger partial charge in [-0.15, -0.1) is 0 Å². The van der Waals surface area contributed by atoms with Crippen LogP contribution in [0.15, 0.2) is 36.7 Å². The first-order valence-corrected chi connectivity index (χ1v) is 6.90. The van der Waals surface area contributed by atoms with Gasteiger partial charge >= 0.3 is 0 Å². The lowest BCUT2D eigenvalue weighted by Gasteiger charge is -2.27. The normalized spacial score (nSPS) is 23.4. The fourth-order valence-corrected chi connectivity index (χ4v) is 3.02. The summed E-state index contributed by atoms with van der Waals surface area (Å²) in [6, 6.07) is 7.74. The van der Waals surface area contributed by atoms with Gasteiger partial charge in [0, 0.05) is 35.3 Å². The van der Waals surface area contributed by atoms with Crippen LogP contribution in [-0.4, -0.2) is 16.8 Å². The topological polar surface area (TPSA) is 56.0 Å². The van der Waals surface area contributed by atoms with E-state index in [0.29, 0.717) is 0 Å². The van der Waals surface area contributed by atoms with Crippen molar-refractivity contribution in [2.75, 3.05) is 0 Å². The highest BCUT2D eigenvalue weighted by atomic mass is 16.1. The second-order valence-electron chi connectivity index (χ2n) is 5.32. The Labute approximate surface area is 112 Å². The first-order valence-electron chi connectivity index (χ1n) is 6.90. The number of pyridine rings is 1. The van der Waals surface area contributed by atoms with Gasteiger partial charge in [-0.25, -0.2) is 0 Å². The molecule has 98 valence electrons. The van der Waals surface area contributed by atoms with E-state index in [1.54, 1.807) is 12.4 Å². The first kappa shape index (κ1) is 12.3. The van der Waals surface area contributed by atoms with Crippen LogP contribution in [0.4, 0.5) is 0 Å². The third kappa shape index (κ3) is 2.26. The van der Waals surface area contributed by atoms with Gasteiger partial charge in [0.25, 0.3) is 0 Å². The van der Waals surface area contributed by atoms with Gasteiger partial charge in [-0.05, 0) is 24.3 Å². The van der Waals surface area contributed by atoms with Crippen molar-refractivity contribution in [1.29, 1.82) is 0 Å². The molecule has 1 aliphatic carbocycles. The largest absolute Gasteiger partial charge is 0.327 e.